The summed E-state index contributed by atoms with van der Waals surface area (Å²) in [7, 11) is 1.82. The van der Waals surface area contributed by atoms with Crippen LogP contribution in [0.25, 0.3) is 0 Å². The van der Waals surface area contributed by atoms with Crippen LogP contribution in [0.15, 0.2) is 12.5 Å². The third kappa shape index (κ3) is 2.25. The van der Waals surface area contributed by atoms with E-state index in [4.69, 9.17) is 18.0 Å². The molecule has 1 aliphatic rings. The van der Waals surface area contributed by atoms with Crippen LogP contribution in [-0.2, 0) is 7.05 Å². The van der Waals surface area contributed by atoms with Crippen molar-refractivity contribution < 1.29 is 4.79 Å². The Balaban J connectivity index is 2.05. The minimum atomic E-state index is -0.113. The fraction of sp³-hybridized carbons (Fsp3) is 0.583. The van der Waals surface area contributed by atoms with Crippen molar-refractivity contribution in [2.45, 2.75) is 19.8 Å². The number of aromatic nitrogens is 2. The number of rotatable bonds is 2. The van der Waals surface area contributed by atoms with E-state index in [1.54, 1.807) is 17.1 Å². The first-order valence-corrected chi connectivity index (χ1v) is 6.40. The lowest BCUT2D eigenvalue weighted by Gasteiger charge is -2.38. The van der Waals surface area contributed by atoms with Gasteiger partial charge in [0, 0.05) is 25.6 Å². The van der Waals surface area contributed by atoms with Gasteiger partial charge in [-0.2, -0.15) is 0 Å². The zero-order valence-corrected chi connectivity index (χ0v) is 11.5. The number of aryl methyl sites for hydroxylation is 1. The Bertz CT molecular complexity index is 474. The van der Waals surface area contributed by atoms with Gasteiger partial charge in [-0.1, -0.05) is 19.1 Å². The molecule has 2 rings (SSSR count). The molecule has 1 aromatic heterocycles. The van der Waals surface area contributed by atoms with E-state index in [2.05, 4.69) is 11.9 Å². The van der Waals surface area contributed by atoms with Crippen molar-refractivity contribution in [3.63, 3.8) is 0 Å². The first-order chi connectivity index (χ1) is 8.44. The van der Waals surface area contributed by atoms with E-state index < -0.39 is 0 Å². The third-order valence-corrected chi connectivity index (χ3v) is 4.28. The maximum atomic E-state index is 12.3. The summed E-state index contributed by atoms with van der Waals surface area (Å²) in [6.07, 6.45) is 4.89. The Morgan fingerprint density at radius 3 is 2.56 bits per heavy atom. The summed E-state index contributed by atoms with van der Waals surface area (Å²) in [5.74, 6) is 0.0278. The van der Waals surface area contributed by atoms with E-state index >= 15 is 0 Å². The standard InChI is InChI=1S/C12H18N4OS/c1-12(11(13)18)3-5-16(6-4-12)10(17)9-7-14-8-15(9)2/h7-8H,3-6H2,1-2H3,(H2,13,18). The highest BCUT2D eigenvalue weighted by Gasteiger charge is 2.34. The number of amides is 1. The summed E-state index contributed by atoms with van der Waals surface area (Å²) < 4.78 is 1.74. The monoisotopic (exact) mass is 266 g/mol. The molecule has 5 nitrogen and oxygen atoms in total. The van der Waals surface area contributed by atoms with Crippen molar-refractivity contribution in [1.29, 1.82) is 0 Å². The Labute approximate surface area is 112 Å². The molecule has 0 aromatic carbocycles. The first kappa shape index (κ1) is 13.0. The van der Waals surface area contributed by atoms with Gasteiger partial charge in [-0.3, -0.25) is 4.79 Å². The van der Waals surface area contributed by atoms with Gasteiger partial charge in [0.1, 0.15) is 5.69 Å². The Morgan fingerprint density at radius 2 is 2.11 bits per heavy atom. The van der Waals surface area contributed by atoms with Crippen LogP contribution < -0.4 is 5.73 Å². The van der Waals surface area contributed by atoms with Gasteiger partial charge in [-0.15, -0.1) is 0 Å². The van der Waals surface area contributed by atoms with Crippen LogP contribution >= 0.6 is 12.2 Å². The lowest BCUT2D eigenvalue weighted by atomic mass is 9.80. The van der Waals surface area contributed by atoms with Crippen LogP contribution in [-0.4, -0.2) is 38.4 Å². The van der Waals surface area contributed by atoms with Crippen molar-refractivity contribution in [1.82, 2.24) is 14.5 Å². The SMILES string of the molecule is Cn1cncc1C(=O)N1CCC(C)(C(N)=S)CC1. The fourth-order valence-corrected chi connectivity index (χ4v) is 2.38. The lowest BCUT2D eigenvalue weighted by molar-refractivity contribution is 0.0660. The van der Waals surface area contributed by atoms with Crippen molar-refractivity contribution in [2.75, 3.05) is 13.1 Å². The number of piperidine rings is 1. The van der Waals surface area contributed by atoms with E-state index in [-0.39, 0.29) is 11.3 Å². The van der Waals surface area contributed by atoms with Crippen molar-refractivity contribution in [2.24, 2.45) is 18.2 Å². The largest absolute Gasteiger partial charge is 0.393 e. The average molecular weight is 266 g/mol. The molecule has 0 bridgehead atoms. The molecule has 1 amide bonds. The van der Waals surface area contributed by atoms with Gasteiger partial charge in [0.25, 0.3) is 5.91 Å². The minimum Gasteiger partial charge on any atom is -0.393 e. The molecule has 2 N–H and O–H groups in total. The minimum absolute atomic E-state index is 0.0278. The quantitative estimate of drug-likeness (QED) is 0.809. The molecule has 0 unspecified atom stereocenters. The highest BCUT2D eigenvalue weighted by atomic mass is 32.1. The normalized spacial score (nSPS) is 18.7. The highest BCUT2D eigenvalue weighted by Crippen LogP contribution is 2.31. The number of likely N-dealkylation sites (tertiary alicyclic amines) is 1. The van der Waals surface area contributed by atoms with Crippen molar-refractivity contribution in [3.05, 3.63) is 18.2 Å². The van der Waals surface area contributed by atoms with Crippen LogP contribution in [0.4, 0.5) is 0 Å². The predicted molar refractivity (Wildman–Crippen MR) is 73.2 cm³/mol. The molecule has 0 atom stereocenters. The third-order valence-electron chi connectivity index (χ3n) is 3.78. The van der Waals surface area contributed by atoms with E-state index in [1.807, 2.05) is 11.9 Å². The van der Waals surface area contributed by atoms with E-state index in [1.165, 1.54) is 0 Å². The molecule has 2 heterocycles. The van der Waals surface area contributed by atoms with Gasteiger partial charge in [-0.25, -0.2) is 4.98 Å². The van der Waals surface area contributed by atoms with Crippen LogP contribution in [0.1, 0.15) is 30.3 Å². The molecule has 18 heavy (non-hydrogen) atoms. The summed E-state index contributed by atoms with van der Waals surface area (Å²) in [4.78, 5) is 18.6. The van der Waals surface area contributed by atoms with Gasteiger partial charge in [0.15, 0.2) is 0 Å². The predicted octanol–water partition coefficient (Wildman–Crippen LogP) is 0.949. The molecule has 1 saturated heterocycles. The van der Waals surface area contributed by atoms with Crippen LogP contribution in [0, 0.1) is 5.41 Å². The molecule has 98 valence electrons. The lowest BCUT2D eigenvalue weighted by Crippen LogP contribution is -2.47. The Kier molecular flexibility index (Phi) is 3.38. The number of carbonyl (C=O) groups is 1. The van der Waals surface area contributed by atoms with Gasteiger partial charge >= 0.3 is 0 Å². The second-order valence-electron chi connectivity index (χ2n) is 5.11. The average Bonchev–Trinajstić information content (AvgIpc) is 2.75. The number of nitrogens with two attached hydrogens (primary N) is 1. The second-order valence-corrected chi connectivity index (χ2v) is 5.55. The summed E-state index contributed by atoms with van der Waals surface area (Å²) >= 11 is 5.09. The fourth-order valence-electron chi connectivity index (χ4n) is 2.18. The van der Waals surface area contributed by atoms with E-state index in [0.717, 1.165) is 12.8 Å². The molecule has 0 aliphatic carbocycles. The van der Waals surface area contributed by atoms with Gasteiger partial charge < -0.3 is 15.2 Å². The molecule has 0 saturated carbocycles. The second kappa shape index (κ2) is 4.68. The zero-order valence-electron chi connectivity index (χ0n) is 10.7. The Morgan fingerprint density at radius 1 is 1.50 bits per heavy atom. The number of thiocarbonyl (C=S) groups is 1. The van der Waals surface area contributed by atoms with Gasteiger partial charge in [0.2, 0.25) is 0 Å². The maximum absolute atomic E-state index is 12.3. The molecule has 1 aromatic rings. The number of nitrogens with zero attached hydrogens (tertiary/aromatic N) is 3. The highest BCUT2D eigenvalue weighted by molar-refractivity contribution is 7.80. The topological polar surface area (TPSA) is 64.2 Å². The van der Waals surface area contributed by atoms with Crippen molar-refractivity contribution >= 4 is 23.1 Å². The smallest absolute Gasteiger partial charge is 0.272 e. The van der Waals surface area contributed by atoms with Crippen LogP contribution in [0.2, 0.25) is 0 Å². The summed E-state index contributed by atoms with van der Waals surface area (Å²) in [6, 6.07) is 0. The van der Waals surface area contributed by atoms with E-state index in [0.29, 0.717) is 23.8 Å². The molecule has 0 spiro atoms. The van der Waals surface area contributed by atoms with Crippen LogP contribution in [0.5, 0.6) is 0 Å². The molecule has 1 fully saturated rings. The molecule has 0 radical (unpaired) electrons. The molecular formula is C12H18N4OS. The van der Waals surface area contributed by atoms with E-state index in [9.17, 15) is 4.79 Å². The van der Waals surface area contributed by atoms with Gasteiger partial charge in [-0.05, 0) is 12.8 Å². The van der Waals surface area contributed by atoms with Crippen molar-refractivity contribution in [3.8, 4) is 0 Å². The molecular weight excluding hydrogens is 248 g/mol. The summed E-state index contributed by atoms with van der Waals surface area (Å²) in [6.45, 7) is 3.46. The zero-order chi connectivity index (χ0) is 13.3. The summed E-state index contributed by atoms with van der Waals surface area (Å²) in [5.41, 5.74) is 6.26. The maximum Gasteiger partial charge on any atom is 0.272 e. The molecule has 6 heteroatoms. The molecule has 1 aliphatic heterocycles. The number of hydrogen-bond donors (Lipinski definition) is 1. The van der Waals surface area contributed by atoms with Crippen LogP contribution in [0.3, 0.4) is 0 Å². The number of hydrogen-bond acceptors (Lipinski definition) is 3. The number of imidazole rings is 1. The van der Waals surface area contributed by atoms with Gasteiger partial charge in [0.05, 0.1) is 17.5 Å². The summed E-state index contributed by atoms with van der Waals surface area (Å²) in [5, 5.41) is 0. The Hall–Kier alpha value is -1.43. The first-order valence-electron chi connectivity index (χ1n) is 5.99. The number of carbonyl (C=O) groups excluding carboxylic acids is 1.